The predicted molar refractivity (Wildman–Crippen MR) is 94.5 cm³/mol. The molecule has 0 unspecified atom stereocenters. The lowest BCUT2D eigenvalue weighted by Crippen LogP contribution is -2.04. The Kier molecular flexibility index (Phi) is 4.32. The number of halogens is 1. The van der Waals surface area contributed by atoms with Crippen LogP contribution in [-0.4, -0.2) is 19.5 Å². The summed E-state index contributed by atoms with van der Waals surface area (Å²) < 4.78 is 1.82. The summed E-state index contributed by atoms with van der Waals surface area (Å²) in [5.41, 5.74) is 9.31. The summed E-state index contributed by atoms with van der Waals surface area (Å²) in [5, 5.41) is 0.397. The van der Waals surface area contributed by atoms with Crippen LogP contribution in [0.3, 0.4) is 0 Å². The van der Waals surface area contributed by atoms with E-state index in [4.69, 9.17) is 17.3 Å². The predicted octanol–water partition coefficient (Wildman–Crippen LogP) is 2.95. The van der Waals surface area contributed by atoms with Crippen LogP contribution in [0.25, 0.3) is 11.4 Å². The number of rotatable bonds is 2. The van der Waals surface area contributed by atoms with Crippen molar-refractivity contribution in [1.82, 2.24) is 19.5 Å². The second-order valence-corrected chi connectivity index (χ2v) is 5.51. The van der Waals surface area contributed by atoms with Crippen LogP contribution in [0, 0.1) is 18.8 Å². The fourth-order valence-electron chi connectivity index (χ4n) is 2.08. The van der Waals surface area contributed by atoms with E-state index in [0.29, 0.717) is 22.4 Å². The number of hydrogen-bond acceptors (Lipinski definition) is 4. The van der Waals surface area contributed by atoms with Gasteiger partial charge in [0.05, 0.1) is 17.6 Å². The highest BCUT2D eigenvalue weighted by molar-refractivity contribution is 6.29. The zero-order valence-corrected chi connectivity index (χ0v) is 13.7. The van der Waals surface area contributed by atoms with Crippen molar-refractivity contribution in [2.75, 3.05) is 0 Å². The fraction of sp³-hybridized carbons (Fsp3) is 0.0556. The average Bonchev–Trinajstić information content (AvgIpc) is 2.98. The van der Waals surface area contributed by atoms with E-state index in [1.54, 1.807) is 30.7 Å². The van der Waals surface area contributed by atoms with Crippen molar-refractivity contribution in [3.8, 4) is 17.5 Å². The third kappa shape index (κ3) is 3.45. The molecule has 6 heteroatoms. The molecule has 0 radical (unpaired) electrons. The van der Waals surface area contributed by atoms with Gasteiger partial charge in [0, 0.05) is 23.7 Å². The standard InChI is InChI=1S/C18H14ClN5/c1-12-3-6-16(10-22-12)24-11-15(23-18(24)13(2)20)5-4-14-7-8-21-17(19)9-14/h3,6-11H,2,20H2,1H3. The normalized spacial score (nSPS) is 10.1. The first-order valence-corrected chi connectivity index (χ1v) is 7.51. The molecule has 0 saturated carbocycles. The van der Waals surface area contributed by atoms with Gasteiger partial charge in [-0.25, -0.2) is 9.97 Å². The zero-order chi connectivity index (χ0) is 17.1. The molecular formula is C18H14ClN5. The van der Waals surface area contributed by atoms with Crippen LogP contribution < -0.4 is 5.73 Å². The molecule has 0 aromatic carbocycles. The summed E-state index contributed by atoms with van der Waals surface area (Å²) in [5.74, 6) is 6.54. The molecule has 0 aliphatic heterocycles. The third-order valence-electron chi connectivity index (χ3n) is 3.23. The van der Waals surface area contributed by atoms with Crippen molar-refractivity contribution >= 4 is 17.3 Å². The van der Waals surface area contributed by atoms with Gasteiger partial charge in [-0.15, -0.1) is 0 Å². The number of nitrogens with two attached hydrogens (primary N) is 1. The second kappa shape index (κ2) is 6.57. The first-order chi connectivity index (χ1) is 11.5. The minimum Gasteiger partial charge on any atom is -0.396 e. The topological polar surface area (TPSA) is 69.6 Å². The smallest absolute Gasteiger partial charge is 0.161 e. The Labute approximate surface area is 144 Å². The largest absolute Gasteiger partial charge is 0.396 e. The molecule has 5 nitrogen and oxygen atoms in total. The Hall–Kier alpha value is -3.10. The number of hydrogen-bond donors (Lipinski definition) is 1. The molecule has 0 atom stereocenters. The summed E-state index contributed by atoms with van der Waals surface area (Å²) >= 11 is 5.86. The monoisotopic (exact) mass is 335 g/mol. The van der Waals surface area contributed by atoms with Gasteiger partial charge in [0.2, 0.25) is 0 Å². The molecule has 0 aliphatic rings. The molecule has 24 heavy (non-hydrogen) atoms. The highest BCUT2D eigenvalue weighted by atomic mass is 35.5. The van der Waals surface area contributed by atoms with E-state index in [9.17, 15) is 0 Å². The maximum Gasteiger partial charge on any atom is 0.161 e. The van der Waals surface area contributed by atoms with Gasteiger partial charge in [0.15, 0.2) is 5.82 Å². The first-order valence-electron chi connectivity index (χ1n) is 7.13. The van der Waals surface area contributed by atoms with Crippen molar-refractivity contribution in [1.29, 1.82) is 0 Å². The number of pyridine rings is 2. The number of aryl methyl sites for hydroxylation is 1. The summed E-state index contributed by atoms with van der Waals surface area (Å²) in [6, 6.07) is 7.33. The molecule has 3 rings (SSSR count). The Morgan fingerprint density at radius 2 is 2.08 bits per heavy atom. The van der Waals surface area contributed by atoms with Crippen LogP contribution in [-0.2, 0) is 0 Å². The van der Waals surface area contributed by atoms with Gasteiger partial charge in [-0.2, -0.15) is 0 Å². The van der Waals surface area contributed by atoms with E-state index in [2.05, 4.69) is 33.4 Å². The SMILES string of the molecule is C=C(N)c1nc(C#Cc2ccnc(Cl)c2)cn1-c1ccc(C)nc1. The Bertz CT molecular complexity index is 961. The molecule has 0 fully saturated rings. The Balaban J connectivity index is 2.01. The van der Waals surface area contributed by atoms with Crippen molar-refractivity contribution in [2.45, 2.75) is 6.92 Å². The van der Waals surface area contributed by atoms with Crippen LogP contribution in [0.1, 0.15) is 22.8 Å². The lowest BCUT2D eigenvalue weighted by Gasteiger charge is -2.06. The molecule has 0 saturated heterocycles. The van der Waals surface area contributed by atoms with Crippen LogP contribution in [0.5, 0.6) is 0 Å². The molecule has 3 heterocycles. The minimum atomic E-state index is 0.357. The van der Waals surface area contributed by atoms with E-state index >= 15 is 0 Å². The molecule has 3 aromatic rings. The van der Waals surface area contributed by atoms with Crippen molar-refractivity contribution < 1.29 is 0 Å². The first kappa shape index (κ1) is 15.8. The molecule has 118 valence electrons. The highest BCUT2D eigenvalue weighted by Gasteiger charge is 2.10. The lowest BCUT2D eigenvalue weighted by atomic mass is 10.2. The number of imidazole rings is 1. The fourth-order valence-corrected chi connectivity index (χ4v) is 2.26. The minimum absolute atomic E-state index is 0.357. The van der Waals surface area contributed by atoms with Crippen LogP contribution in [0.4, 0.5) is 0 Å². The van der Waals surface area contributed by atoms with Crippen LogP contribution >= 0.6 is 11.6 Å². The quantitative estimate of drug-likeness (QED) is 0.577. The van der Waals surface area contributed by atoms with Gasteiger partial charge < -0.3 is 5.73 Å². The highest BCUT2D eigenvalue weighted by Crippen LogP contribution is 2.15. The Morgan fingerprint density at radius 1 is 1.25 bits per heavy atom. The lowest BCUT2D eigenvalue weighted by molar-refractivity contribution is 0.996. The molecule has 0 amide bonds. The maximum atomic E-state index is 5.86. The molecule has 2 N–H and O–H groups in total. The van der Waals surface area contributed by atoms with Crippen LogP contribution in [0.15, 0.2) is 49.4 Å². The van der Waals surface area contributed by atoms with Crippen molar-refractivity contribution in [3.63, 3.8) is 0 Å². The van der Waals surface area contributed by atoms with Gasteiger partial charge in [0.1, 0.15) is 10.8 Å². The van der Waals surface area contributed by atoms with E-state index in [1.165, 1.54) is 0 Å². The van der Waals surface area contributed by atoms with E-state index < -0.39 is 0 Å². The van der Waals surface area contributed by atoms with Gasteiger partial charge in [-0.3, -0.25) is 9.55 Å². The number of aromatic nitrogens is 4. The second-order valence-electron chi connectivity index (χ2n) is 5.12. The molecule has 0 spiro atoms. The Morgan fingerprint density at radius 3 is 2.75 bits per heavy atom. The van der Waals surface area contributed by atoms with Crippen molar-refractivity contribution in [2.24, 2.45) is 5.73 Å². The summed E-state index contributed by atoms with van der Waals surface area (Å²) in [4.78, 5) is 12.7. The van der Waals surface area contributed by atoms with E-state index in [-0.39, 0.29) is 0 Å². The van der Waals surface area contributed by atoms with Gasteiger partial charge in [0.25, 0.3) is 0 Å². The van der Waals surface area contributed by atoms with Gasteiger partial charge in [-0.1, -0.05) is 24.1 Å². The molecule has 0 aliphatic carbocycles. The molecular weight excluding hydrogens is 322 g/mol. The summed E-state index contributed by atoms with van der Waals surface area (Å²) in [6.07, 6.45) is 5.16. The van der Waals surface area contributed by atoms with Gasteiger partial charge in [-0.05, 0) is 37.1 Å². The summed E-state index contributed by atoms with van der Waals surface area (Å²) in [7, 11) is 0. The third-order valence-corrected chi connectivity index (χ3v) is 3.44. The van der Waals surface area contributed by atoms with E-state index in [0.717, 1.165) is 16.9 Å². The maximum absolute atomic E-state index is 5.86. The van der Waals surface area contributed by atoms with Gasteiger partial charge >= 0.3 is 0 Å². The summed E-state index contributed by atoms with van der Waals surface area (Å²) in [6.45, 7) is 5.70. The number of nitrogens with zero attached hydrogens (tertiary/aromatic N) is 4. The van der Waals surface area contributed by atoms with E-state index in [1.807, 2.05) is 23.6 Å². The molecule has 3 aromatic heterocycles. The molecule has 0 bridgehead atoms. The zero-order valence-electron chi connectivity index (χ0n) is 13.0. The van der Waals surface area contributed by atoms with Crippen LogP contribution in [0.2, 0.25) is 5.15 Å². The average molecular weight is 336 g/mol. The van der Waals surface area contributed by atoms with Crippen molar-refractivity contribution in [3.05, 3.63) is 77.4 Å².